The monoisotopic (exact) mass is 317 g/mol. The molecule has 2 saturated heterocycles. The molecule has 1 unspecified atom stereocenters. The van der Waals surface area contributed by atoms with Gasteiger partial charge in [0.1, 0.15) is 6.10 Å². The Morgan fingerprint density at radius 2 is 1.96 bits per heavy atom. The summed E-state index contributed by atoms with van der Waals surface area (Å²) in [4.78, 5) is 26.9. The summed E-state index contributed by atoms with van der Waals surface area (Å²) in [5.74, 6) is -0.223. The molecule has 2 N–H and O–H groups in total. The molecule has 1 aromatic carbocycles. The normalized spacial score (nSPS) is 21.7. The fourth-order valence-electron chi connectivity index (χ4n) is 2.99. The second-order valence-corrected chi connectivity index (χ2v) is 5.95. The van der Waals surface area contributed by atoms with Crippen LogP contribution in [0.2, 0.25) is 0 Å². The molecular formula is C17H23N3O3. The topological polar surface area (TPSA) is 70.7 Å². The fraction of sp³-hybridized carbons (Fsp3) is 0.529. The Kier molecular flexibility index (Phi) is 5.25. The highest BCUT2D eigenvalue weighted by atomic mass is 16.5. The van der Waals surface area contributed by atoms with Crippen LogP contribution in [0, 0.1) is 0 Å². The van der Waals surface area contributed by atoms with Crippen LogP contribution < -0.4 is 10.6 Å². The van der Waals surface area contributed by atoms with Crippen molar-refractivity contribution >= 4 is 17.5 Å². The fourth-order valence-corrected chi connectivity index (χ4v) is 2.99. The number of nitrogens with zero attached hydrogens (tertiary/aromatic N) is 1. The van der Waals surface area contributed by atoms with E-state index in [1.165, 1.54) is 6.42 Å². The highest BCUT2D eigenvalue weighted by molar-refractivity contribution is 6.04. The van der Waals surface area contributed by atoms with E-state index in [9.17, 15) is 9.59 Å². The zero-order chi connectivity index (χ0) is 16.1. The molecule has 2 aliphatic rings. The standard InChI is InChI=1S/C17H23N3O3/c21-16(15-12-18-8-11-23-15)19-14-7-3-2-6-13(14)17(22)20-9-4-1-5-10-20/h2-3,6-7,15,18H,1,4-5,8-12H2,(H,19,21). The second kappa shape index (κ2) is 7.57. The third-order valence-electron chi connectivity index (χ3n) is 4.28. The van der Waals surface area contributed by atoms with Crippen molar-refractivity contribution in [3.05, 3.63) is 29.8 Å². The highest BCUT2D eigenvalue weighted by Gasteiger charge is 2.25. The maximum Gasteiger partial charge on any atom is 0.255 e. The molecule has 6 nitrogen and oxygen atoms in total. The number of benzene rings is 1. The predicted octanol–water partition coefficient (Wildman–Crippen LogP) is 1.24. The first-order valence-corrected chi connectivity index (χ1v) is 8.27. The van der Waals surface area contributed by atoms with Crippen molar-refractivity contribution in [2.75, 3.05) is 38.1 Å². The van der Waals surface area contributed by atoms with Gasteiger partial charge in [-0.1, -0.05) is 12.1 Å². The van der Waals surface area contributed by atoms with Gasteiger partial charge in [0, 0.05) is 26.2 Å². The van der Waals surface area contributed by atoms with E-state index in [0.29, 0.717) is 24.4 Å². The first-order chi connectivity index (χ1) is 11.3. The van der Waals surface area contributed by atoms with Crippen LogP contribution in [0.4, 0.5) is 5.69 Å². The summed E-state index contributed by atoms with van der Waals surface area (Å²) in [6.45, 7) is 3.35. The summed E-state index contributed by atoms with van der Waals surface area (Å²) in [7, 11) is 0. The van der Waals surface area contributed by atoms with E-state index < -0.39 is 6.10 Å². The van der Waals surface area contributed by atoms with E-state index >= 15 is 0 Å². The molecule has 1 aromatic rings. The van der Waals surface area contributed by atoms with Gasteiger partial charge in [-0.05, 0) is 31.4 Å². The van der Waals surface area contributed by atoms with Gasteiger partial charge in [-0.3, -0.25) is 9.59 Å². The minimum absolute atomic E-state index is 0.0108. The maximum atomic E-state index is 12.7. The van der Waals surface area contributed by atoms with E-state index in [1.54, 1.807) is 12.1 Å². The molecule has 2 amide bonds. The van der Waals surface area contributed by atoms with Crippen molar-refractivity contribution in [3.63, 3.8) is 0 Å². The van der Waals surface area contributed by atoms with Crippen molar-refractivity contribution in [2.45, 2.75) is 25.4 Å². The largest absolute Gasteiger partial charge is 0.366 e. The number of anilines is 1. The van der Waals surface area contributed by atoms with Crippen LogP contribution in [0.15, 0.2) is 24.3 Å². The van der Waals surface area contributed by atoms with Crippen LogP contribution in [0.3, 0.4) is 0 Å². The molecule has 2 aliphatic heterocycles. The smallest absolute Gasteiger partial charge is 0.255 e. The molecule has 0 radical (unpaired) electrons. The Labute approximate surface area is 136 Å². The van der Waals surface area contributed by atoms with Crippen LogP contribution in [0.1, 0.15) is 29.6 Å². The Morgan fingerprint density at radius 3 is 2.70 bits per heavy atom. The molecule has 0 saturated carbocycles. The van der Waals surface area contributed by atoms with Crippen molar-refractivity contribution in [2.24, 2.45) is 0 Å². The number of nitrogens with one attached hydrogen (secondary N) is 2. The summed E-state index contributed by atoms with van der Waals surface area (Å²) in [6.07, 6.45) is 2.75. The number of carbonyl (C=O) groups is 2. The summed E-state index contributed by atoms with van der Waals surface area (Å²) in [5, 5.41) is 5.98. The Morgan fingerprint density at radius 1 is 1.17 bits per heavy atom. The molecule has 3 rings (SSSR count). The van der Waals surface area contributed by atoms with E-state index in [-0.39, 0.29) is 11.8 Å². The summed E-state index contributed by atoms with van der Waals surface area (Å²) >= 11 is 0. The molecule has 0 aliphatic carbocycles. The molecule has 1 atom stereocenters. The molecule has 124 valence electrons. The minimum Gasteiger partial charge on any atom is -0.366 e. The van der Waals surface area contributed by atoms with Gasteiger partial charge in [0.05, 0.1) is 17.9 Å². The summed E-state index contributed by atoms with van der Waals surface area (Å²) in [6, 6.07) is 7.19. The Bertz CT molecular complexity index is 564. The van der Waals surface area contributed by atoms with Gasteiger partial charge in [-0.25, -0.2) is 0 Å². The lowest BCUT2D eigenvalue weighted by Gasteiger charge is -2.28. The molecule has 23 heavy (non-hydrogen) atoms. The predicted molar refractivity (Wildman–Crippen MR) is 87.4 cm³/mol. The molecule has 6 heteroatoms. The van der Waals surface area contributed by atoms with Crippen LogP contribution in [0.5, 0.6) is 0 Å². The van der Waals surface area contributed by atoms with Crippen LogP contribution in [-0.2, 0) is 9.53 Å². The molecule has 0 aromatic heterocycles. The number of piperidine rings is 1. The Hall–Kier alpha value is -1.92. The number of likely N-dealkylation sites (tertiary alicyclic amines) is 1. The van der Waals surface area contributed by atoms with Gasteiger partial charge in [0.25, 0.3) is 11.8 Å². The molecule has 0 bridgehead atoms. The molecular weight excluding hydrogens is 294 g/mol. The van der Waals surface area contributed by atoms with Crippen molar-refractivity contribution in [1.29, 1.82) is 0 Å². The molecule has 0 spiro atoms. The number of ether oxygens (including phenoxy) is 1. The Balaban J connectivity index is 1.72. The van der Waals surface area contributed by atoms with Gasteiger partial charge >= 0.3 is 0 Å². The quantitative estimate of drug-likeness (QED) is 0.880. The number of hydrogen-bond donors (Lipinski definition) is 2. The second-order valence-electron chi connectivity index (χ2n) is 5.95. The van der Waals surface area contributed by atoms with Crippen LogP contribution >= 0.6 is 0 Å². The SMILES string of the molecule is O=C(Nc1ccccc1C(=O)N1CCCCC1)C1CNCCO1. The lowest BCUT2D eigenvalue weighted by Crippen LogP contribution is -2.45. The van der Waals surface area contributed by atoms with Gasteiger partial charge in [-0.2, -0.15) is 0 Å². The van der Waals surface area contributed by atoms with Gasteiger partial charge in [0.2, 0.25) is 0 Å². The molecule has 2 heterocycles. The maximum absolute atomic E-state index is 12.7. The van der Waals surface area contributed by atoms with Crippen LogP contribution in [0.25, 0.3) is 0 Å². The first-order valence-electron chi connectivity index (χ1n) is 8.27. The van der Waals surface area contributed by atoms with Crippen molar-refractivity contribution < 1.29 is 14.3 Å². The number of rotatable bonds is 3. The molecule has 2 fully saturated rings. The summed E-state index contributed by atoms with van der Waals surface area (Å²) < 4.78 is 5.46. The average molecular weight is 317 g/mol. The lowest BCUT2D eigenvalue weighted by atomic mass is 10.1. The number of carbonyl (C=O) groups excluding carboxylic acids is 2. The summed E-state index contributed by atoms with van der Waals surface area (Å²) in [5.41, 5.74) is 1.11. The van der Waals surface area contributed by atoms with Crippen molar-refractivity contribution in [3.8, 4) is 0 Å². The number of morpholine rings is 1. The van der Waals surface area contributed by atoms with Gasteiger partial charge < -0.3 is 20.3 Å². The minimum atomic E-state index is -0.512. The van der Waals surface area contributed by atoms with E-state index in [0.717, 1.165) is 32.5 Å². The zero-order valence-corrected chi connectivity index (χ0v) is 13.2. The van der Waals surface area contributed by atoms with Crippen molar-refractivity contribution in [1.82, 2.24) is 10.2 Å². The third-order valence-corrected chi connectivity index (χ3v) is 4.28. The zero-order valence-electron chi connectivity index (χ0n) is 13.2. The van der Waals surface area contributed by atoms with Gasteiger partial charge in [0.15, 0.2) is 0 Å². The van der Waals surface area contributed by atoms with Crippen LogP contribution in [-0.4, -0.2) is 55.6 Å². The lowest BCUT2D eigenvalue weighted by molar-refractivity contribution is -0.128. The third kappa shape index (κ3) is 3.89. The van der Waals surface area contributed by atoms with E-state index in [4.69, 9.17) is 4.74 Å². The van der Waals surface area contributed by atoms with E-state index in [2.05, 4.69) is 10.6 Å². The first kappa shape index (κ1) is 16.0. The highest BCUT2D eigenvalue weighted by Crippen LogP contribution is 2.20. The van der Waals surface area contributed by atoms with Gasteiger partial charge in [-0.15, -0.1) is 0 Å². The average Bonchev–Trinajstić information content (AvgIpc) is 2.63. The number of para-hydroxylation sites is 1. The van der Waals surface area contributed by atoms with E-state index in [1.807, 2.05) is 17.0 Å². The number of hydrogen-bond acceptors (Lipinski definition) is 4. The number of amides is 2.